The average molecular weight is 254 g/mol. The lowest BCUT2D eigenvalue weighted by molar-refractivity contribution is 0.176. The van der Waals surface area contributed by atoms with E-state index in [1.807, 2.05) is 37.4 Å². The maximum Gasteiger partial charge on any atom is 0.138 e. The zero-order valence-electron chi connectivity index (χ0n) is 10.6. The van der Waals surface area contributed by atoms with Crippen LogP contribution in [0, 0.1) is 0 Å². The van der Waals surface area contributed by atoms with Crippen LogP contribution in [0.25, 0.3) is 10.9 Å². The molecule has 3 aromatic rings. The molecule has 0 fully saturated rings. The van der Waals surface area contributed by atoms with E-state index in [0.29, 0.717) is 6.42 Å². The van der Waals surface area contributed by atoms with Gasteiger partial charge in [-0.1, -0.05) is 18.2 Å². The summed E-state index contributed by atoms with van der Waals surface area (Å²) in [5.74, 6) is 0.758. The summed E-state index contributed by atoms with van der Waals surface area (Å²) in [6.45, 7) is 0. The number of fused-ring (bicyclic) bond motifs is 1. The quantitative estimate of drug-likeness (QED) is 0.771. The molecule has 19 heavy (non-hydrogen) atoms. The second-order valence-corrected chi connectivity index (χ2v) is 4.44. The highest BCUT2D eigenvalue weighted by atomic mass is 16.3. The molecule has 0 aliphatic carbocycles. The Morgan fingerprint density at radius 1 is 1.21 bits per heavy atom. The van der Waals surface area contributed by atoms with Gasteiger partial charge in [0.2, 0.25) is 0 Å². The Bertz CT molecular complexity index is 702. The molecule has 1 aromatic carbocycles. The molecule has 0 saturated carbocycles. The van der Waals surface area contributed by atoms with Crippen LogP contribution in [0.5, 0.6) is 0 Å². The number of aliphatic hydroxyl groups excluding tert-OH is 1. The first kappa shape index (κ1) is 11.8. The topological polar surface area (TPSA) is 63.8 Å². The van der Waals surface area contributed by atoms with E-state index in [4.69, 9.17) is 0 Å². The van der Waals surface area contributed by atoms with Crippen molar-refractivity contribution >= 4 is 10.9 Å². The summed E-state index contributed by atoms with van der Waals surface area (Å²) in [6, 6.07) is 9.61. The molecule has 0 radical (unpaired) electrons. The van der Waals surface area contributed by atoms with Gasteiger partial charge >= 0.3 is 0 Å². The minimum Gasteiger partial charge on any atom is -0.388 e. The minimum absolute atomic E-state index is 0.435. The van der Waals surface area contributed by atoms with Gasteiger partial charge in [-0.15, -0.1) is 0 Å². The van der Waals surface area contributed by atoms with Crippen LogP contribution in [0.3, 0.4) is 0 Å². The van der Waals surface area contributed by atoms with E-state index >= 15 is 0 Å². The predicted molar refractivity (Wildman–Crippen MR) is 71.4 cm³/mol. The summed E-state index contributed by atoms with van der Waals surface area (Å²) < 4.78 is 1.67. The first-order chi connectivity index (χ1) is 9.25. The monoisotopic (exact) mass is 254 g/mol. The molecule has 1 unspecified atom stereocenters. The Kier molecular flexibility index (Phi) is 2.97. The van der Waals surface area contributed by atoms with E-state index in [1.165, 1.54) is 6.33 Å². The molecule has 0 bridgehead atoms. The Hall–Kier alpha value is -2.27. The van der Waals surface area contributed by atoms with Gasteiger partial charge < -0.3 is 5.11 Å². The molecule has 2 heterocycles. The highest BCUT2D eigenvalue weighted by Gasteiger charge is 2.14. The smallest absolute Gasteiger partial charge is 0.138 e. The first-order valence-electron chi connectivity index (χ1n) is 6.10. The van der Waals surface area contributed by atoms with E-state index in [-0.39, 0.29) is 0 Å². The number of hydrogen-bond acceptors (Lipinski definition) is 4. The lowest BCUT2D eigenvalue weighted by Gasteiger charge is -2.12. The number of aromatic nitrogens is 4. The molecule has 3 rings (SSSR count). The fraction of sp³-hybridized carbons (Fsp3) is 0.214. The second kappa shape index (κ2) is 4.78. The lowest BCUT2D eigenvalue weighted by Crippen LogP contribution is -2.08. The SMILES string of the molecule is Cn1ncnc1CC(O)c1cccc2ncccc12. The van der Waals surface area contributed by atoms with Crippen molar-refractivity contribution < 1.29 is 5.11 Å². The number of pyridine rings is 1. The number of aliphatic hydroxyl groups is 1. The van der Waals surface area contributed by atoms with Crippen LogP contribution in [-0.2, 0) is 13.5 Å². The van der Waals surface area contributed by atoms with Gasteiger partial charge in [-0.3, -0.25) is 9.67 Å². The summed E-state index contributed by atoms with van der Waals surface area (Å²) >= 11 is 0. The van der Waals surface area contributed by atoms with Crippen molar-refractivity contribution in [3.63, 3.8) is 0 Å². The van der Waals surface area contributed by atoms with Gasteiger partial charge in [-0.25, -0.2) is 4.98 Å². The van der Waals surface area contributed by atoms with Crippen LogP contribution in [0.2, 0.25) is 0 Å². The molecule has 0 amide bonds. The molecule has 1 atom stereocenters. The molecule has 0 aliphatic rings. The third-order valence-electron chi connectivity index (χ3n) is 3.22. The first-order valence-corrected chi connectivity index (χ1v) is 6.10. The molecule has 5 nitrogen and oxygen atoms in total. The maximum absolute atomic E-state index is 10.4. The zero-order valence-corrected chi connectivity index (χ0v) is 10.6. The lowest BCUT2D eigenvalue weighted by atomic mass is 10.0. The largest absolute Gasteiger partial charge is 0.388 e. The Morgan fingerprint density at radius 2 is 2.11 bits per heavy atom. The maximum atomic E-state index is 10.4. The Balaban J connectivity index is 1.98. The zero-order chi connectivity index (χ0) is 13.2. The summed E-state index contributed by atoms with van der Waals surface area (Å²) in [5, 5.41) is 15.4. The van der Waals surface area contributed by atoms with Crippen LogP contribution >= 0.6 is 0 Å². The van der Waals surface area contributed by atoms with Crippen molar-refractivity contribution in [2.75, 3.05) is 0 Å². The van der Waals surface area contributed by atoms with Crippen LogP contribution < -0.4 is 0 Å². The average Bonchev–Trinajstić information content (AvgIpc) is 2.83. The Morgan fingerprint density at radius 3 is 2.89 bits per heavy atom. The highest BCUT2D eigenvalue weighted by Crippen LogP contribution is 2.24. The third kappa shape index (κ3) is 2.20. The normalized spacial score (nSPS) is 12.7. The van der Waals surface area contributed by atoms with Crippen molar-refractivity contribution in [1.29, 1.82) is 0 Å². The van der Waals surface area contributed by atoms with Crippen molar-refractivity contribution in [3.8, 4) is 0 Å². The van der Waals surface area contributed by atoms with Gasteiger partial charge in [0.15, 0.2) is 0 Å². The number of benzene rings is 1. The van der Waals surface area contributed by atoms with Gasteiger partial charge in [0.25, 0.3) is 0 Å². The number of hydrogen-bond donors (Lipinski definition) is 1. The molecule has 0 saturated heterocycles. The fourth-order valence-electron chi connectivity index (χ4n) is 2.21. The van der Waals surface area contributed by atoms with Gasteiger partial charge in [0.05, 0.1) is 11.6 Å². The second-order valence-electron chi connectivity index (χ2n) is 4.44. The van der Waals surface area contributed by atoms with Crippen LogP contribution in [0.1, 0.15) is 17.5 Å². The van der Waals surface area contributed by atoms with Gasteiger partial charge in [-0.05, 0) is 17.7 Å². The number of nitrogens with zero attached hydrogens (tertiary/aromatic N) is 4. The van der Waals surface area contributed by atoms with E-state index in [0.717, 1.165) is 22.3 Å². The molecule has 1 N–H and O–H groups in total. The molecule has 2 aromatic heterocycles. The minimum atomic E-state index is -0.615. The summed E-state index contributed by atoms with van der Waals surface area (Å²) in [4.78, 5) is 8.43. The molecular formula is C14H14N4O. The van der Waals surface area contributed by atoms with Gasteiger partial charge in [0.1, 0.15) is 12.2 Å². The van der Waals surface area contributed by atoms with E-state index in [1.54, 1.807) is 10.9 Å². The van der Waals surface area contributed by atoms with Crippen molar-refractivity contribution in [1.82, 2.24) is 19.7 Å². The van der Waals surface area contributed by atoms with Crippen LogP contribution in [-0.4, -0.2) is 24.9 Å². The standard InChI is InChI=1S/C14H14N4O/c1-18-14(16-9-17-18)8-13(19)11-4-2-6-12-10(11)5-3-7-15-12/h2-7,9,13,19H,8H2,1H3. The molecule has 0 spiro atoms. The Labute approximate surface area is 110 Å². The summed E-state index contributed by atoms with van der Waals surface area (Å²) in [5.41, 5.74) is 1.76. The van der Waals surface area contributed by atoms with Gasteiger partial charge in [-0.2, -0.15) is 5.10 Å². The number of aryl methyl sites for hydroxylation is 1. The van der Waals surface area contributed by atoms with Crippen molar-refractivity contribution in [3.05, 3.63) is 54.2 Å². The van der Waals surface area contributed by atoms with Gasteiger partial charge in [0, 0.05) is 25.1 Å². The fourth-order valence-corrected chi connectivity index (χ4v) is 2.21. The molecule has 5 heteroatoms. The summed E-state index contributed by atoms with van der Waals surface area (Å²) in [7, 11) is 1.82. The van der Waals surface area contributed by atoms with Crippen molar-refractivity contribution in [2.45, 2.75) is 12.5 Å². The molecule has 0 aliphatic heterocycles. The van der Waals surface area contributed by atoms with Crippen molar-refractivity contribution in [2.24, 2.45) is 7.05 Å². The summed E-state index contributed by atoms with van der Waals surface area (Å²) in [6.07, 6.45) is 3.06. The molecular weight excluding hydrogens is 240 g/mol. The predicted octanol–water partition coefficient (Wildman–Crippen LogP) is 1.64. The number of rotatable bonds is 3. The van der Waals surface area contributed by atoms with E-state index in [2.05, 4.69) is 15.1 Å². The van der Waals surface area contributed by atoms with E-state index < -0.39 is 6.10 Å². The van der Waals surface area contributed by atoms with E-state index in [9.17, 15) is 5.11 Å². The highest BCUT2D eigenvalue weighted by molar-refractivity contribution is 5.82. The van der Waals surface area contributed by atoms with Crippen LogP contribution in [0.4, 0.5) is 0 Å². The third-order valence-corrected chi connectivity index (χ3v) is 3.22. The molecule has 96 valence electrons. The van der Waals surface area contributed by atoms with Crippen LogP contribution in [0.15, 0.2) is 42.9 Å².